The van der Waals surface area contributed by atoms with Crippen LogP contribution in [-0.2, 0) is 0 Å². The minimum Gasteiger partial charge on any atom is -0.333 e. The predicted molar refractivity (Wildman–Crippen MR) is 103 cm³/mol. The fourth-order valence-electron chi connectivity index (χ4n) is 2.37. The summed E-state index contributed by atoms with van der Waals surface area (Å²) in [5.41, 5.74) is 0.945. The number of nitro groups is 1. The summed E-state index contributed by atoms with van der Waals surface area (Å²) in [6, 6.07) is 14.0. The van der Waals surface area contributed by atoms with Crippen molar-refractivity contribution in [3.8, 4) is 0 Å². The molecule has 0 aliphatic carbocycles. The smallest absolute Gasteiger partial charge is 0.333 e. The van der Waals surface area contributed by atoms with E-state index in [1.807, 2.05) is 30.3 Å². The van der Waals surface area contributed by atoms with Gasteiger partial charge in [0.05, 0.1) is 15.6 Å². The third-order valence-corrected chi connectivity index (χ3v) is 4.18. The number of hydrogen-bond donors (Lipinski definition) is 1. The van der Waals surface area contributed by atoms with Gasteiger partial charge >= 0.3 is 5.69 Å². The lowest BCUT2D eigenvalue weighted by Gasteiger charge is -2.19. The Morgan fingerprint density at radius 2 is 1.85 bits per heavy atom. The summed E-state index contributed by atoms with van der Waals surface area (Å²) in [6.45, 7) is 0. The van der Waals surface area contributed by atoms with Crippen molar-refractivity contribution >= 4 is 51.9 Å². The summed E-state index contributed by atoms with van der Waals surface area (Å²) >= 11 is 12.0. The minimum absolute atomic E-state index is 0.0343. The van der Waals surface area contributed by atoms with Crippen molar-refractivity contribution in [2.24, 2.45) is 0 Å². The fourth-order valence-corrected chi connectivity index (χ4v) is 2.82. The minimum atomic E-state index is -0.527. The highest BCUT2D eigenvalue weighted by molar-refractivity contribution is 6.36. The molecule has 0 fully saturated rings. The van der Waals surface area contributed by atoms with Crippen molar-refractivity contribution < 1.29 is 4.92 Å². The van der Waals surface area contributed by atoms with Crippen LogP contribution in [0.3, 0.4) is 0 Å². The molecular weight excluding hydrogens is 377 g/mol. The van der Waals surface area contributed by atoms with Crippen molar-refractivity contribution in [1.82, 2.24) is 9.97 Å². The van der Waals surface area contributed by atoms with Crippen LogP contribution >= 0.6 is 23.2 Å². The van der Waals surface area contributed by atoms with E-state index in [0.717, 1.165) is 5.69 Å². The maximum Gasteiger partial charge on any atom is 0.354 e. The number of aromatic nitrogens is 2. The molecule has 1 heterocycles. The van der Waals surface area contributed by atoms with Crippen LogP contribution in [0.2, 0.25) is 10.0 Å². The molecule has 0 atom stereocenters. The van der Waals surface area contributed by atoms with E-state index in [9.17, 15) is 10.1 Å². The topological polar surface area (TPSA) is 84.2 Å². The van der Waals surface area contributed by atoms with Gasteiger partial charge in [-0.2, -0.15) is 0 Å². The first kappa shape index (κ1) is 17.9. The average Bonchev–Trinajstić information content (AvgIpc) is 2.63. The Hall–Kier alpha value is -2.90. The maximum absolute atomic E-state index is 11.7. The van der Waals surface area contributed by atoms with Gasteiger partial charge in [0, 0.05) is 17.8 Å². The molecule has 26 heavy (non-hydrogen) atoms. The Bertz CT molecular complexity index is 953. The molecule has 0 amide bonds. The van der Waals surface area contributed by atoms with Gasteiger partial charge in [0.15, 0.2) is 0 Å². The van der Waals surface area contributed by atoms with Crippen molar-refractivity contribution in [3.63, 3.8) is 0 Å². The Morgan fingerprint density at radius 3 is 2.50 bits per heavy atom. The predicted octanol–water partition coefficient (Wildman–Crippen LogP) is 5.20. The van der Waals surface area contributed by atoms with Crippen LogP contribution in [0.5, 0.6) is 0 Å². The molecule has 2 aromatic carbocycles. The summed E-state index contributed by atoms with van der Waals surface area (Å²) in [5.74, 6) is 0.191. The maximum atomic E-state index is 11.7. The summed E-state index contributed by atoms with van der Waals surface area (Å²) in [7, 11) is 1.70. The van der Waals surface area contributed by atoms with Crippen LogP contribution < -0.4 is 10.2 Å². The highest BCUT2D eigenvalue weighted by Crippen LogP contribution is 2.37. The van der Waals surface area contributed by atoms with Gasteiger partial charge in [0.2, 0.25) is 11.6 Å². The number of benzene rings is 2. The zero-order valence-electron chi connectivity index (χ0n) is 13.6. The van der Waals surface area contributed by atoms with Crippen LogP contribution in [0.4, 0.5) is 28.7 Å². The molecule has 0 saturated carbocycles. The largest absolute Gasteiger partial charge is 0.354 e. The number of hydrogen-bond acceptors (Lipinski definition) is 6. The lowest BCUT2D eigenvalue weighted by atomic mass is 10.2. The van der Waals surface area contributed by atoms with E-state index in [1.54, 1.807) is 24.1 Å². The first-order chi connectivity index (χ1) is 12.5. The molecule has 0 unspecified atom stereocenters. The second-order valence-corrected chi connectivity index (χ2v) is 6.14. The molecule has 0 spiro atoms. The van der Waals surface area contributed by atoms with Gasteiger partial charge in [0.1, 0.15) is 6.33 Å². The standard InChI is InChI=1S/C17H13Cl2N5O2/c1-23(12-5-3-2-4-6-12)17-15(24(25)26)16(20-10-21-17)22-14-8-7-11(18)9-13(14)19/h2-10H,1H3,(H,20,21,22). The molecule has 7 nitrogen and oxygen atoms in total. The van der Waals surface area contributed by atoms with Gasteiger partial charge in [-0.1, -0.05) is 41.4 Å². The second kappa shape index (κ2) is 7.55. The summed E-state index contributed by atoms with van der Waals surface area (Å²) in [6.07, 6.45) is 1.26. The fraction of sp³-hybridized carbons (Fsp3) is 0.0588. The van der Waals surface area contributed by atoms with Crippen molar-refractivity contribution in [2.45, 2.75) is 0 Å². The van der Waals surface area contributed by atoms with Crippen molar-refractivity contribution in [2.75, 3.05) is 17.3 Å². The van der Waals surface area contributed by atoms with Crippen molar-refractivity contribution in [1.29, 1.82) is 0 Å². The number of anilines is 4. The third kappa shape index (κ3) is 3.68. The molecule has 0 aliphatic rings. The van der Waals surface area contributed by atoms with Crippen LogP contribution in [0.25, 0.3) is 0 Å². The molecule has 132 valence electrons. The Kier molecular flexibility index (Phi) is 5.20. The summed E-state index contributed by atoms with van der Waals surface area (Å²) in [4.78, 5) is 20.9. The number of para-hydroxylation sites is 1. The van der Waals surface area contributed by atoms with E-state index in [-0.39, 0.29) is 17.3 Å². The van der Waals surface area contributed by atoms with Crippen LogP contribution in [0.15, 0.2) is 54.9 Å². The lowest BCUT2D eigenvalue weighted by molar-refractivity contribution is -0.383. The molecule has 0 aliphatic heterocycles. The number of halogens is 2. The van der Waals surface area contributed by atoms with Gasteiger partial charge in [-0.25, -0.2) is 9.97 Å². The molecule has 0 saturated heterocycles. The Morgan fingerprint density at radius 1 is 1.12 bits per heavy atom. The first-order valence-corrected chi connectivity index (χ1v) is 8.23. The van der Waals surface area contributed by atoms with Crippen molar-refractivity contribution in [3.05, 3.63) is 75.0 Å². The van der Waals surface area contributed by atoms with Gasteiger partial charge < -0.3 is 10.2 Å². The monoisotopic (exact) mass is 389 g/mol. The number of rotatable bonds is 5. The first-order valence-electron chi connectivity index (χ1n) is 7.47. The van der Waals surface area contributed by atoms with Gasteiger partial charge in [0.25, 0.3) is 0 Å². The molecule has 1 N–H and O–H groups in total. The van der Waals surface area contributed by atoms with Crippen LogP contribution in [0.1, 0.15) is 0 Å². The van der Waals surface area contributed by atoms with Crippen LogP contribution in [0, 0.1) is 10.1 Å². The van der Waals surface area contributed by atoms with Gasteiger partial charge in [-0.05, 0) is 30.3 Å². The third-order valence-electron chi connectivity index (χ3n) is 3.63. The quantitative estimate of drug-likeness (QED) is 0.476. The second-order valence-electron chi connectivity index (χ2n) is 5.30. The van der Waals surface area contributed by atoms with Gasteiger partial charge in [-0.3, -0.25) is 10.1 Å². The lowest BCUT2D eigenvalue weighted by Crippen LogP contribution is -2.15. The Labute approximate surface area is 159 Å². The zero-order valence-corrected chi connectivity index (χ0v) is 15.1. The highest BCUT2D eigenvalue weighted by Gasteiger charge is 2.26. The molecule has 9 heteroatoms. The van der Waals surface area contributed by atoms with E-state index in [0.29, 0.717) is 15.7 Å². The SMILES string of the molecule is CN(c1ccccc1)c1ncnc(Nc2ccc(Cl)cc2Cl)c1[N+](=O)[O-]. The van der Waals surface area contributed by atoms with E-state index < -0.39 is 4.92 Å². The zero-order chi connectivity index (χ0) is 18.7. The molecule has 3 aromatic rings. The molecule has 0 radical (unpaired) electrons. The van der Waals surface area contributed by atoms with Gasteiger partial charge in [-0.15, -0.1) is 0 Å². The van der Waals surface area contributed by atoms with E-state index >= 15 is 0 Å². The van der Waals surface area contributed by atoms with E-state index in [1.165, 1.54) is 12.4 Å². The average molecular weight is 390 g/mol. The van der Waals surface area contributed by atoms with Crippen LogP contribution in [-0.4, -0.2) is 21.9 Å². The molecule has 1 aromatic heterocycles. The Balaban J connectivity index is 2.05. The summed E-state index contributed by atoms with van der Waals surface area (Å²) < 4.78 is 0. The normalized spacial score (nSPS) is 10.4. The summed E-state index contributed by atoms with van der Waals surface area (Å²) in [5, 5.41) is 15.4. The van der Waals surface area contributed by atoms with E-state index in [2.05, 4.69) is 15.3 Å². The molecule has 3 rings (SSSR count). The number of nitrogens with one attached hydrogen (secondary N) is 1. The molecule has 0 bridgehead atoms. The number of nitrogens with zero attached hydrogens (tertiary/aromatic N) is 4. The molecular formula is C17H13Cl2N5O2. The highest BCUT2D eigenvalue weighted by atomic mass is 35.5. The van der Waals surface area contributed by atoms with E-state index in [4.69, 9.17) is 23.2 Å².